The number of amides is 1. The summed E-state index contributed by atoms with van der Waals surface area (Å²) in [5.41, 5.74) is 6.11. The fraction of sp³-hybridized carbons (Fsp3) is 0.370. The number of aryl methyl sites for hydroxylation is 1. The van der Waals surface area contributed by atoms with E-state index < -0.39 is 5.41 Å². The lowest BCUT2D eigenvalue weighted by atomic mass is 9.83. The van der Waals surface area contributed by atoms with Crippen LogP contribution in [0.5, 0.6) is 0 Å². The van der Waals surface area contributed by atoms with Gasteiger partial charge in [-0.2, -0.15) is 4.98 Å². The second-order valence-corrected chi connectivity index (χ2v) is 10.7. The zero-order valence-electron chi connectivity index (χ0n) is 20.3. The smallest absolute Gasteiger partial charge is 0.234 e. The molecule has 1 fully saturated rings. The first-order valence-corrected chi connectivity index (χ1v) is 12.9. The van der Waals surface area contributed by atoms with Crippen molar-refractivity contribution >= 4 is 45.0 Å². The van der Waals surface area contributed by atoms with E-state index in [1.54, 1.807) is 6.20 Å². The van der Waals surface area contributed by atoms with Gasteiger partial charge < -0.3 is 21.3 Å². The van der Waals surface area contributed by atoms with Crippen LogP contribution in [0, 0.1) is 6.92 Å². The van der Waals surface area contributed by atoms with Gasteiger partial charge in [-0.15, -0.1) is 0 Å². The minimum absolute atomic E-state index is 0.0242. The molecule has 1 saturated heterocycles. The van der Waals surface area contributed by atoms with Crippen LogP contribution in [0.2, 0.25) is 0 Å². The molecule has 0 saturated carbocycles. The summed E-state index contributed by atoms with van der Waals surface area (Å²) in [5, 5.41) is 13.2. The average molecular weight is 535 g/mol. The topological polar surface area (TPSA) is 91.0 Å². The number of piperidine rings is 1. The van der Waals surface area contributed by atoms with E-state index in [9.17, 15) is 4.79 Å². The van der Waals surface area contributed by atoms with Gasteiger partial charge in [0, 0.05) is 24.1 Å². The lowest BCUT2D eigenvalue weighted by molar-refractivity contribution is -0.119. The number of aromatic nitrogens is 2. The number of nitrogens with one attached hydrogen (secondary N) is 4. The first-order chi connectivity index (χ1) is 16.8. The van der Waals surface area contributed by atoms with Crippen molar-refractivity contribution in [1.29, 1.82) is 0 Å². The fourth-order valence-corrected chi connectivity index (χ4v) is 5.52. The van der Waals surface area contributed by atoms with Crippen molar-refractivity contribution < 1.29 is 4.79 Å². The molecule has 1 amide bonds. The van der Waals surface area contributed by atoms with Gasteiger partial charge in [-0.25, -0.2) is 4.98 Å². The van der Waals surface area contributed by atoms with Crippen LogP contribution in [0.3, 0.4) is 0 Å². The Kier molecular flexibility index (Phi) is 6.51. The van der Waals surface area contributed by atoms with E-state index in [0.29, 0.717) is 24.2 Å². The van der Waals surface area contributed by atoms with Gasteiger partial charge in [-0.1, -0.05) is 18.2 Å². The number of carbonyl (C=O) groups is 1. The zero-order valence-corrected chi connectivity index (χ0v) is 21.9. The Hall–Kier alpha value is -2.97. The van der Waals surface area contributed by atoms with Gasteiger partial charge in [0.15, 0.2) is 0 Å². The molecule has 7 nitrogen and oxygen atoms in total. The van der Waals surface area contributed by atoms with Crippen molar-refractivity contribution in [3.8, 4) is 0 Å². The van der Waals surface area contributed by atoms with E-state index in [1.807, 2.05) is 26.0 Å². The van der Waals surface area contributed by atoms with Crippen LogP contribution in [0.15, 0.2) is 47.1 Å². The summed E-state index contributed by atoms with van der Waals surface area (Å²) < 4.78 is 0.779. The highest BCUT2D eigenvalue weighted by Gasteiger charge is 2.39. The summed E-state index contributed by atoms with van der Waals surface area (Å²) in [6, 6.07) is 12.5. The molecule has 2 aromatic carbocycles. The Bertz CT molecular complexity index is 1270. The second-order valence-electron chi connectivity index (χ2n) is 9.88. The van der Waals surface area contributed by atoms with Crippen LogP contribution in [0.25, 0.3) is 0 Å². The van der Waals surface area contributed by atoms with Gasteiger partial charge in [0.25, 0.3) is 0 Å². The van der Waals surface area contributed by atoms with Gasteiger partial charge >= 0.3 is 0 Å². The van der Waals surface area contributed by atoms with E-state index in [-0.39, 0.29) is 5.91 Å². The molecule has 0 spiro atoms. The molecule has 3 aromatic rings. The molecule has 35 heavy (non-hydrogen) atoms. The maximum atomic E-state index is 12.4. The van der Waals surface area contributed by atoms with Crippen molar-refractivity contribution in [2.24, 2.45) is 0 Å². The standard InChI is InChI=1S/C27H31BrN6O/c1-16-13-19(7-8-20(16)17-9-11-29-12-10-17)32-26-31-15-21(28)24(34-26)30-14-18-5-4-6-22-23(18)27(2,3)25(35)33-22/h4-8,13,15,17,29H,9-12,14H2,1-3H3,(H,33,35)(H2,30,31,32,34). The Morgan fingerprint density at radius 1 is 1.17 bits per heavy atom. The first-order valence-electron chi connectivity index (χ1n) is 12.1. The molecule has 182 valence electrons. The summed E-state index contributed by atoms with van der Waals surface area (Å²) >= 11 is 3.56. The van der Waals surface area contributed by atoms with E-state index in [4.69, 9.17) is 4.98 Å². The first kappa shape index (κ1) is 23.8. The maximum Gasteiger partial charge on any atom is 0.234 e. The van der Waals surface area contributed by atoms with Crippen LogP contribution in [-0.2, 0) is 16.8 Å². The van der Waals surface area contributed by atoms with Gasteiger partial charge in [0.05, 0.1) is 9.89 Å². The van der Waals surface area contributed by atoms with Crippen LogP contribution in [-0.4, -0.2) is 29.0 Å². The largest absolute Gasteiger partial charge is 0.365 e. The van der Waals surface area contributed by atoms with Crippen LogP contribution in [0.4, 0.5) is 23.1 Å². The molecule has 0 atom stereocenters. The quantitative estimate of drug-likeness (QED) is 0.329. The summed E-state index contributed by atoms with van der Waals surface area (Å²) in [7, 11) is 0. The number of rotatable bonds is 6. The number of hydrogen-bond donors (Lipinski definition) is 4. The number of fused-ring (bicyclic) bond motifs is 1. The molecule has 2 aliphatic rings. The number of anilines is 4. The van der Waals surface area contributed by atoms with Crippen molar-refractivity contribution in [3.63, 3.8) is 0 Å². The van der Waals surface area contributed by atoms with Gasteiger partial charge in [0.2, 0.25) is 11.9 Å². The highest BCUT2D eigenvalue weighted by molar-refractivity contribution is 9.10. The molecule has 0 aliphatic carbocycles. The van der Waals surface area contributed by atoms with Crippen molar-refractivity contribution in [2.45, 2.75) is 51.5 Å². The predicted octanol–water partition coefficient (Wildman–Crippen LogP) is 5.60. The summed E-state index contributed by atoms with van der Waals surface area (Å²) in [6.45, 7) is 8.81. The number of carbonyl (C=O) groups excluding carboxylic acids is 1. The molecule has 0 bridgehead atoms. The molecule has 0 unspecified atom stereocenters. The lowest BCUT2D eigenvalue weighted by Gasteiger charge is -2.24. The van der Waals surface area contributed by atoms with E-state index >= 15 is 0 Å². The summed E-state index contributed by atoms with van der Waals surface area (Å²) in [5.74, 6) is 1.87. The Balaban J connectivity index is 1.31. The normalized spacial score (nSPS) is 17.1. The van der Waals surface area contributed by atoms with E-state index in [0.717, 1.165) is 40.1 Å². The lowest BCUT2D eigenvalue weighted by Crippen LogP contribution is -2.28. The third kappa shape index (κ3) is 4.77. The average Bonchev–Trinajstić information content (AvgIpc) is 3.08. The number of nitrogens with zero attached hydrogens (tertiary/aromatic N) is 2. The van der Waals surface area contributed by atoms with E-state index in [2.05, 4.69) is 73.4 Å². The Labute approximate surface area is 214 Å². The molecule has 2 aliphatic heterocycles. The highest BCUT2D eigenvalue weighted by Crippen LogP contribution is 2.40. The molecule has 4 N–H and O–H groups in total. The monoisotopic (exact) mass is 534 g/mol. The summed E-state index contributed by atoms with van der Waals surface area (Å²) in [6.07, 6.45) is 4.12. The van der Waals surface area contributed by atoms with Crippen LogP contribution >= 0.6 is 15.9 Å². The third-order valence-corrected chi connectivity index (χ3v) is 7.67. The van der Waals surface area contributed by atoms with Gasteiger partial charge in [-0.05, 0) is 109 Å². The molecule has 8 heteroatoms. The van der Waals surface area contributed by atoms with Gasteiger partial charge in [0.1, 0.15) is 5.82 Å². The summed E-state index contributed by atoms with van der Waals surface area (Å²) in [4.78, 5) is 21.6. The van der Waals surface area contributed by atoms with Crippen molar-refractivity contribution in [2.75, 3.05) is 29.0 Å². The fourth-order valence-electron chi connectivity index (χ4n) is 5.19. The second kappa shape index (κ2) is 9.59. The number of halogens is 1. The maximum absolute atomic E-state index is 12.4. The molecule has 1 aromatic heterocycles. The minimum atomic E-state index is -0.568. The Morgan fingerprint density at radius 3 is 2.74 bits per heavy atom. The molecular weight excluding hydrogens is 504 g/mol. The Morgan fingerprint density at radius 2 is 1.97 bits per heavy atom. The predicted molar refractivity (Wildman–Crippen MR) is 144 cm³/mol. The number of hydrogen-bond acceptors (Lipinski definition) is 6. The highest BCUT2D eigenvalue weighted by atomic mass is 79.9. The zero-order chi connectivity index (χ0) is 24.6. The molecule has 0 radical (unpaired) electrons. The van der Waals surface area contributed by atoms with Crippen molar-refractivity contribution in [3.05, 3.63) is 69.3 Å². The minimum Gasteiger partial charge on any atom is -0.365 e. The van der Waals surface area contributed by atoms with Crippen LogP contribution in [0.1, 0.15) is 54.9 Å². The molecular formula is C27H31BrN6O. The van der Waals surface area contributed by atoms with Crippen molar-refractivity contribution in [1.82, 2.24) is 15.3 Å². The molecule has 5 rings (SSSR count). The van der Waals surface area contributed by atoms with Crippen LogP contribution < -0.4 is 21.3 Å². The SMILES string of the molecule is Cc1cc(Nc2ncc(Br)c(NCc3cccc4c3C(C)(C)C(=O)N4)n2)ccc1C1CCNCC1. The van der Waals surface area contributed by atoms with E-state index in [1.165, 1.54) is 24.0 Å². The number of benzene rings is 2. The molecule has 3 heterocycles. The van der Waals surface area contributed by atoms with Gasteiger partial charge in [-0.3, -0.25) is 4.79 Å². The third-order valence-electron chi connectivity index (χ3n) is 7.09.